The summed E-state index contributed by atoms with van der Waals surface area (Å²) in [6.45, 7) is 3.98. The number of anilines is 1. The van der Waals surface area contributed by atoms with E-state index in [4.69, 9.17) is 11.6 Å². The van der Waals surface area contributed by atoms with Crippen LogP contribution in [0.1, 0.15) is 30.1 Å². The van der Waals surface area contributed by atoms with Crippen LogP contribution in [0.15, 0.2) is 23.6 Å². The summed E-state index contributed by atoms with van der Waals surface area (Å²) in [5.41, 5.74) is 0. The summed E-state index contributed by atoms with van der Waals surface area (Å²) in [5.74, 6) is 1.46. The molecule has 3 nitrogen and oxygen atoms in total. The van der Waals surface area contributed by atoms with Crippen molar-refractivity contribution in [3.63, 3.8) is 0 Å². The zero-order valence-corrected chi connectivity index (χ0v) is 11.3. The molecule has 90 valence electrons. The Morgan fingerprint density at radius 1 is 1.47 bits per heavy atom. The normalized spacial score (nSPS) is 12.4. The molecule has 0 fully saturated rings. The molecule has 2 rings (SSSR count). The highest BCUT2D eigenvalue weighted by Gasteiger charge is 2.11. The Hall–Kier alpha value is -1.13. The van der Waals surface area contributed by atoms with Crippen molar-refractivity contribution in [2.75, 3.05) is 5.32 Å². The number of hydrogen-bond donors (Lipinski definition) is 1. The van der Waals surface area contributed by atoms with Crippen LogP contribution in [0, 0.1) is 6.92 Å². The van der Waals surface area contributed by atoms with Crippen LogP contribution in [-0.4, -0.2) is 9.97 Å². The first-order chi connectivity index (χ1) is 8.19. The van der Waals surface area contributed by atoms with Gasteiger partial charge in [0.15, 0.2) is 0 Å². The van der Waals surface area contributed by atoms with E-state index in [1.165, 1.54) is 4.88 Å². The monoisotopic (exact) mass is 267 g/mol. The molecule has 0 saturated heterocycles. The van der Waals surface area contributed by atoms with E-state index in [2.05, 4.69) is 39.7 Å². The van der Waals surface area contributed by atoms with Crippen LogP contribution < -0.4 is 5.32 Å². The van der Waals surface area contributed by atoms with Gasteiger partial charge in [0, 0.05) is 10.9 Å². The molecule has 17 heavy (non-hydrogen) atoms. The maximum absolute atomic E-state index is 5.91. The highest BCUT2D eigenvalue weighted by Crippen LogP contribution is 2.26. The maximum atomic E-state index is 5.91. The van der Waals surface area contributed by atoms with Crippen LogP contribution in [0.4, 0.5) is 5.82 Å². The molecule has 2 aromatic rings. The maximum Gasteiger partial charge on any atom is 0.134 e. The number of thiophene rings is 1. The zero-order chi connectivity index (χ0) is 12.3. The van der Waals surface area contributed by atoms with Crippen molar-refractivity contribution < 1.29 is 0 Å². The molecule has 0 aliphatic heterocycles. The van der Waals surface area contributed by atoms with Crippen molar-refractivity contribution in [1.29, 1.82) is 0 Å². The van der Waals surface area contributed by atoms with Crippen LogP contribution in [0.25, 0.3) is 0 Å². The van der Waals surface area contributed by atoms with E-state index >= 15 is 0 Å². The summed E-state index contributed by atoms with van der Waals surface area (Å²) < 4.78 is 0. The number of hydrogen-bond acceptors (Lipinski definition) is 4. The van der Waals surface area contributed by atoms with Crippen LogP contribution >= 0.6 is 22.9 Å². The van der Waals surface area contributed by atoms with Gasteiger partial charge in [-0.15, -0.1) is 11.3 Å². The summed E-state index contributed by atoms with van der Waals surface area (Å²) in [6, 6.07) is 6.22. The van der Waals surface area contributed by atoms with Gasteiger partial charge in [-0.1, -0.05) is 24.6 Å². The fourth-order valence-corrected chi connectivity index (χ4v) is 2.73. The van der Waals surface area contributed by atoms with Crippen LogP contribution in [0.2, 0.25) is 5.15 Å². The Balaban J connectivity index is 2.18. The van der Waals surface area contributed by atoms with Gasteiger partial charge in [0.05, 0.1) is 6.04 Å². The third-order valence-corrected chi connectivity index (χ3v) is 3.60. The van der Waals surface area contributed by atoms with Gasteiger partial charge in [0.1, 0.15) is 16.8 Å². The molecular weight excluding hydrogens is 254 g/mol. The SMILES string of the molecule is CCC(Nc1cc(Cl)nc(C)n1)c1cccs1. The summed E-state index contributed by atoms with van der Waals surface area (Å²) in [5, 5.41) is 5.94. The third kappa shape index (κ3) is 3.17. The van der Waals surface area contributed by atoms with Crippen LogP contribution in [-0.2, 0) is 0 Å². The van der Waals surface area contributed by atoms with Gasteiger partial charge in [-0.3, -0.25) is 0 Å². The summed E-state index contributed by atoms with van der Waals surface area (Å²) in [4.78, 5) is 9.68. The van der Waals surface area contributed by atoms with E-state index in [1.807, 2.05) is 6.92 Å². The van der Waals surface area contributed by atoms with Gasteiger partial charge in [-0.2, -0.15) is 0 Å². The molecule has 2 aromatic heterocycles. The predicted octanol–water partition coefficient (Wildman–Crippen LogP) is 4.06. The number of halogens is 1. The van der Waals surface area contributed by atoms with Gasteiger partial charge in [0.2, 0.25) is 0 Å². The molecule has 0 radical (unpaired) electrons. The Morgan fingerprint density at radius 3 is 2.88 bits per heavy atom. The van der Waals surface area contributed by atoms with Crippen LogP contribution in [0.5, 0.6) is 0 Å². The molecule has 1 N–H and O–H groups in total. The molecule has 1 unspecified atom stereocenters. The van der Waals surface area contributed by atoms with Crippen molar-refractivity contribution in [3.8, 4) is 0 Å². The third-order valence-electron chi connectivity index (χ3n) is 2.42. The van der Waals surface area contributed by atoms with Crippen LogP contribution in [0.3, 0.4) is 0 Å². The second-order valence-corrected chi connectivity index (χ2v) is 5.11. The first-order valence-electron chi connectivity index (χ1n) is 5.50. The largest absolute Gasteiger partial charge is 0.362 e. The second kappa shape index (κ2) is 5.47. The van der Waals surface area contributed by atoms with E-state index in [0.717, 1.165) is 12.2 Å². The molecule has 5 heteroatoms. The zero-order valence-electron chi connectivity index (χ0n) is 9.77. The van der Waals surface area contributed by atoms with E-state index in [-0.39, 0.29) is 6.04 Å². The number of aryl methyl sites for hydroxylation is 1. The minimum Gasteiger partial charge on any atom is -0.362 e. The topological polar surface area (TPSA) is 37.8 Å². The van der Waals surface area contributed by atoms with Gasteiger partial charge in [-0.05, 0) is 24.8 Å². The minimum atomic E-state index is 0.278. The molecule has 1 atom stereocenters. The lowest BCUT2D eigenvalue weighted by atomic mass is 10.2. The van der Waals surface area contributed by atoms with E-state index in [9.17, 15) is 0 Å². The molecule has 0 saturated carbocycles. The van der Waals surface area contributed by atoms with Crippen molar-refractivity contribution in [3.05, 3.63) is 39.4 Å². The average molecular weight is 268 g/mol. The molecule has 0 aliphatic carbocycles. The quantitative estimate of drug-likeness (QED) is 0.849. The first kappa shape index (κ1) is 12.3. The molecule has 0 aromatic carbocycles. The van der Waals surface area contributed by atoms with E-state index < -0.39 is 0 Å². The van der Waals surface area contributed by atoms with Crippen molar-refractivity contribution in [2.45, 2.75) is 26.3 Å². The summed E-state index contributed by atoms with van der Waals surface area (Å²) >= 11 is 7.66. The smallest absolute Gasteiger partial charge is 0.134 e. The predicted molar refractivity (Wildman–Crippen MR) is 72.8 cm³/mol. The van der Waals surface area contributed by atoms with Gasteiger partial charge < -0.3 is 5.32 Å². The standard InChI is InChI=1S/C12H14ClN3S/c1-3-9(10-5-4-6-17-10)16-12-7-11(13)14-8(2)15-12/h4-7,9H,3H2,1-2H3,(H,14,15,16). The lowest BCUT2D eigenvalue weighted by molar-refractivity contribution is 0.756. The molecule has 0 spiro atoms. The van der Waals surface area contributed by atoms with E-state index in [0.29, 0.717) is 11.0 Å². The highest BCUT2D eigenvalue weighted by atomic mass is 35.5. The molecule has 0 aliphatic rings. The number of nitrogens with zero attached hydrogens (tertiary/aromatic N) is 2. The Bertz CT molecular complexity index is 464. The van der Waals surface area contributed by atoms with Crippen molar-refractivity contribution in [2.24, 2.45) is 0 Å². The van der Waals surface area contributed by atoms with Crippen molar-refractivity contribution in [1.82, 2.24) is 9.97 Å². The molecule has 0 bridgehead atoms. The fourth-order valence-electron chi connectivity index (χ4n) is 1.65. The molecule has 2 heterocycles. The Labute approximate surface area is 110 Å². The van der Waals surface area contributed by atoms with Gasteiger partial charge in [0.25, 0.3) is 0 Å². The molecular formula is C12H14ClN3S. The van der Waals surface area contributed by atoms with Crippen molar-refractivity contribution >= 4 is 28.8 Å². The number of nitrogens with one attached hydrogen (secondary N) is 1. The first-order valence-corrected chi connectivity index (χ1v) is 6.76. The average Bonchev–Trinajstić information content (AvgIpc) is 2.77. The summed E-state index contributed by atoms with van der Waals surface area (Å²) in [7, 11) is 0. The van der Waals surface area contributed by atoms with Gasteiger partial charge in [-0.25, -0.2) is 9.97 Å². The second-order valence-electron chi connectivity index (χ2n) is 3.74. The lowest BCUT2D eigenvalue weighted by Gasteiger charge is -2.16. The Kier molecular flexibility index (Phi) is 3.97. The lowest BCUT2D eigenvalue weighted by Crippen LogP contribution is -2.10. The Morgan fingerprint density at radius 2 is 2.29 bits per heavy atom. The van der Waals surface area contributed by atoms with Gasteiger partial charge >= 0.3 is 0 Å². The van der Waals surface area contributed by atoms with E-state index in [1.54, 1.807) is 17.4 Å². The fraction of sp³-hybridized carbons (Fsp3) is 0.333. The summed E-state index contributed by atoms with van der Waals surface area (Å²) in [6.07, 6.45) is 1.00. The number of aromatic nitrogens is 2. The highest BCUT2D eigenvalue weighted by molar-refractivity contribution is 7.10. The molecule has 0 amide bonds. The number of rotatable bonds is 4. The minimum absolute atomic E-state index is 0.278.